The van der Waals surface area contributed by atoms with Gasteiger partial charge in [0, 0.05) is 23.1 Å². The normalized spacial score (nSPS) is 10.3. The Morgan fingerprint density at radius 2 is 1.15 bits per heavy atom. The van der Waals surface area contributed by atoms with Crippen LogP contribution < -0.4 is 9.64 Å². The Kier molecular flexibility index (Phi) is 7.18. The summed E-state index contributed by atoms with van der Waals surface area (Å²) in [5.74, 6) is 0.278. The molecule has 0 unspecified atom stereocenters. The highest BCUT2D eigenvalue weighted by molar-refractivity contribution is 5.81. The molecule has 0 amide bonds. The van der Waals surface area contributed by atoms with Crippen molar-refractivity contribution in [1.82, 2.24) is 0 Å². The molecular weight excluding hydrogens is 410 g/mol. The molecule has 4 aromatic carbocycles. The summed E-state index contributed by atoms with van der Waals surface area (Å²) in [7, 11) is 0. The van der Waals surface area contributed by atoms with Gasteiger partial charge in [-0.2, -0.15) is 0 Å². The Morgan fingerprint density at radius 3 is 1.67 bits per heavy atom. The number of ether oxygens (including phenoxy) is 2. The van der Waals surface area contributed by atoms with Crippen LogP contribution in [0, 0.1) is 0 Å². The zero-order valence-electron chi connectivity index (χ0n) is 18.3. The van der Waals surface area contributed by atoms with Gasteiger partial charge in [0.1, 0.15) is 19.0 Å². The van der Waals surface area contributed by atoms with Crippen LogP contribution in [0.5, 0.6) is 5.75 Å². The first-order chi connectivity index (χ1) is 16.2. The van der Waals surface area contributed by atoms with E-state index in [0.29, 0.717) is 6.61 Å². The molecule has 0 aliphatic carbocycles. The molecule has 4 rings (SSSR count). The van der Waals surface area contributed by atoms with Crippen LogP contribution in [0.1, 0.15) is 0 Å². The molecule has 0 aliphatic heterocycles. The zero-order valence-corrected chi connectivity index (χ0v) is 18.3. The summed E-state index contributed by atoms with van der Waals surface area (Å²) in [6.45, 7) is 3.85. The zero-order chi connectivity index (χ0) is 22.9. The van der Waals surface area contributed by atoms with Crippen molar-refractivity contribution in [3.05, 3.63) is 122 Å². The summed E-state index contributed by atoms with van der Waals surface area (Å²) in [4.78, 5) is 13.3. The minimum Gasteiger partial charge on any atom is -0.490 e. The number of hydrogen-bond donors (Lipinski definition) is 0. The highest BCUT2D eigenvalue weighted by Crippen LogP contribution is 2.35. The molecule has 0 aromatic heterocycles. The number of carbonyl (C=O) groups excluding carboxylic acids is 1. The van der Waals surface area contributed by atoms with Crippen molar-refractivity contribution in [2.24, 2.45) is 0 Å². The van der Waals surface area contributed by atoms with Crippen LogP contribution >= 0.6 is 0 Å². The average Bonchev–Trinajstić information content (AvgIpc) is 2.89. The van der Waals surface area contributed by atoms with Gasteiger partial charge in [0.25, 0.3) is 0 Å². The number of esters is 1. The van der Waals surface area contributed by atoms with E-state index in [1.807, 2.05) is 60.7 Å². The Morgan fingerprint density at radius 1 is 0.667 bits per heavy atom. The van der Waals surface area contributed by atoms with Gasteiger partial charge in [0.15, 0.2) is 0 Å². The van der Waals surface area contributed by atoms with Gasteiger partial charge < -0.3 is 14.4 Å². The predicted molar refractivity (Wildman–Crippen MR) is 133 cm³/mol. The molecule has 0 radical (unpaired) electrons. The van der Waals surface area contributed by atoms with E-state index in [2.05, 4.69) is 60.0 Å². The lowest BCUT2D eigenvalue weighted by Gasteiger charge is -2.25. The predicted octanol–water partition coefficient (Wildman–Crippen LogP) is 6.93. The topological polar surface area (TPSA) is 38.8 Å². The molecule has 0 heterocycles. The van der Waals surface area contributed by atoms with Crippen LogP contribution in [0.25, 0.3) is 11.1 Å². The molecule has 4 aromatic rings. The van der Waals surface area contributed by atoms with Crippen molar-refractivity contribution in [3.63, 3.8) is 0 Å². The number of benzene rings is 4. The number of rotatable bonds is 9. The lowest BCUT2D eigenvalue weighted by atomic mass is 10.0. The van der Waals surface area contributed by atoms with E-state index in [0.717, 1.165) is 40.0 Å². The van der Waals surface area contributed by atoms with Crippen molar-refractivity contribution < 1.29 is 14.3 Å². The molecular formula is C29H25NO3. The highest BCUT2D eigenvalue weighted by atomic mass is 16.6. The number of nitrogens with zero attached hydrogens (tertiary/aromatic N) is 1. The van der Waals surface area contributed by atoms with E-state index in [1.54, 1.807) is 0 Å². The van der Waals surface area contributed by atoms with Crippen LogP contribution in [0.15, 0.2) is 122 Å². The fourth-order valence-electron chi connectivity index (χ4n) is 3.51. The van der Waals surface area contributed by atoms with Crippen LogP contribution in [-0.2, 0) is 9.53 Å². The van der Waals surface area contributed by atoms with Gasteiger partial charge in [0.05, 0.1) is 0 Å². The number of para-hydroxylation sites is 2. The summed E-state index contributed by atoms with van der Waals surface area (Å²) >= 11 is 0. The summed E-state index contributed by atoms with van der Waals surface area (Å²) < 4.78 is 10.5. The van der Waals surface area contributed by atoms with Gasteiger partial charge >= 0.3 is 5.97 Å². The molecule has 33 heavy (non-hydrogen) atoms. The second-order valence-electron chi connectivity index (χ2n) is 7.30. The quantitative estimate of drug-likeness (QED) is 0.162. The maximum atomic E-state index is 11.1. The standard InChI is InChI=1S/C29H25NO3/c1-2-29(31)33-22-21-32-28-19-15-24(16-20-28)23-13-17-27(18-14-23)30(25-9-5-3-6-10-25)26-11-7-4-8-12-26/h2-20H,1,21-22H2. The summed E-state index contributed by atoms with van der Waals surface area (Å²) in [6.07, 6.45) is 1.14. The van der Waals surface area contributed by atoms with E-state index in [-0.39, 0.29) is 6.61 Å². The second-order valence-corrected chi connectivity index (χ2v) is 7.30. The maximum Gasteiger partial charge on any atom is 0.330 e. The molecule has 0 saturated carbocycles. The Balaban J connectivity index is 1.48. The molecule has 0 saturated heterocycles. The van der Waals surface area contributed by atoms with E-state index < -0.39 is 5.97 Å². The van der Waals surface area contributed by atoms with Gasteiger partial charge in [-0.05, 0) is 59.7 Å². The van der Waals surface area contributed by atoms with E-state index >= 15 is 0 Å². The van der Waals surface area contributed by atoms with Crippen molar-refractivity contribution in [2.45, 2.75) is 0 Å². The first-order valence-electron chi connectivity index (χ1n) is 10.8. The largest absolute Gasteiger partial charge is 0.490 e. The SMILES string of the molecule is C=CC(=O)OCCOc1ccc(-c2ccc(N(c3ccccc3)c3ccccc3)cc2)cc1. The molecule has 4 heteroatoms. The monoisotopic (exact) mass is 435 g/mol. The molecule has 0 aliphatic rings. The van der Waals surface area contributed by atoms with Crippen LogP contribution in [-0.4, -0.2) is 19.2 Å². The Labute approximate surface area is 194 Å². The van der Waals surface area contributed by atoms with Crippen molar-refractivity contribution in [1.29, 1.82) is 0 Å². The fraction of sp³-hybridized carbons (Fsp3) is 0.0690. The second kappa shape index (κ2) is 10.8. The molecule has 0 atom stereocenters. The number of carbonyl (C=O) groups is 1. The third-order valence-electron chi connectivity index (χ3n) is 5.10. The van der Waals surface area contributed by atoms with Gasteiger partial charge in [-0.3, -0.25) is 0 Å². The summed E-state index contributed by atoms with van der Waals surface area (Å²) in [5.41, 5.74) is 5.52. The number of anilines is 3. The molecule has 4 nitrogen and oxygen atoms in total. The summed E-state index contributed by atoms with van der Waals surface area (Å²) in [5, 5.41) is 0. The van der Waals surface area contributed by atoms with Crippen LogP contribution in [0.4, 0.5) is 17.1 Å². The van der Waals surface area contributed by atoms with Crippen molar-refractivity contribution >= 4 is 23.0 Å². The van der Waals surface area contributed by atoms with Gasteiger partial charge in [0.2, 0.25) is 0 Å². The fourth-order valence-corrected chi connectivity index (χ4v) is 3.51. The maximum absolute atomic E-state index is 11.1. The molecule has 164 valence electrons. The Hall–Kier alpha value is -4.31. The lowest BCUT2D eigenvalue weighted by molar-refractivity contribution is -0.138. The smallest absolute Gasteiger partial charge is 0.330 e. The highest BCUT2D eigenvalue weighted by Gasteiger charge is 2.11. The molecule has 0 spiro atoms. The molecule has 0 N–H and O–H groups in total. The molecule has 0 bridgehead atoms. The first kappa shape index (κ1) is 21.9. The first-order valence-corrected chi connectivity index (χ1v) is 10.8. The van der Waals surface area contributed by atoms with Crippen molar-refractivity contribution in [3.8, 4) is 16.9 Å². The van der Waals surface area contributed by atoms with E-state index in [9.17, 15) is 4.79 Å². The van der Waals surface area contributed by atoms with Gasteiger partial charge in [-0.25, -0.2) is 4.79 Å². The third-order valence-corrected chi connectivity index (χ3v) is 5.10. The van der Waals surface area contributed by atoms with E-state index in [4.69, 9.17) is 9.47 Å². The van der Waals surface area contributed by atoms with Gasteiger partial charge in [-0.15, -0.1) is 0 Å². The number of hydrogen-bond acceptors (Lipinski definition) is 4. The average molecular weight is 436 g/mol. The minimum atomic E-state index is -0.449. The van der Waals surface area contributed by atoms with Gasteiger partial charge in [-0.1, -0.05) is 67.2 Å². The van der Waals surface area contributed by atoms with E-state index in [1.165, 1.54) is 0 Å². The third kappa shape index (κ3) is 5.69. The van der Waals surface area contributed by atoms with Crippen LogP contribution in [0.2, 0.25) is 0 Å². The lowest BCUT2D eigenvalue weighted by Crippen LogP contribution is -2.10. The van der Waals surface area contributed by atoms with Crippen molar-refractivity contribution in [2.75, 3.05) is 18.1 Å². The minimum absolute atomic E-state index is 0.188. The van der Waals surface area contributed by atoms with Crippen LogP contribution in [0.3, 0.4) is 0 Å². The summed E-state index contributed by atoms with van der Waals surface area (Å²) in [6, 6.07) is 37.1. The molecule has 0 fully saturated rings. The Bertz CT molecular complexity index is 1130.